The Morgan fingerprint density at radius 2 is 1.94 bits per heavy atom. The van der Waals surface area contributed by atoms with E-state index in [4.69, 9.17) is 10.5 Å². The van der Waals surface area contributed by atoms with E-state index in [1.165, 1.54) is 19.3 Å². The first-order valence-electron chi connectivity index (χ1n) is 6.94. The lowest BCUT2D eigenvalue weighted by molar-refractivity contribution is -0.147. The molecule has 1 aliphatic rings. The molecule has 0 aromatic heterocycles. The van der Waals surface area contributed by atoms with E-state index in [0.717, 1.165) is 19.3 Å². The highest BCUT2D eigenvalue weighted by Crippen LogP contribution is 2.38. The Kier molecular flexibility index (Phi) is 5.96. The maximum Gasteiger partial charge on any atom is 0.306 e. The molecule has 1 aliphatic carbocycles. The Labute approximate surface area is 105 Å². The third kappa shape index (κ3) is 5.07. The van der Waals surface area contributed by atoms with Gasteiger partial charge in [0, 0.05) is 0 Å². The van der Waals surface area contributed by atoms with Crippen molar-refractivity contribution in [2.75, 3.05) is 13.2 Å². The zero-order valence-electron chi connectivity index (χ0n) is 11.3. The Balaban J connectivity index is 2.32. The highest BCUT2D eigenvalue weighted by atomic mass is 16.5. The van der Waals surface area contributed by atoms with Gasteiger partial charge in [-0.15, -0.1) is 0 Å². The van der Waals surface area contributed by atoms with Crippen molar-refractivity contribution in [3.05, 3.63) is 0 Å². The fraction of sp³-hybridized carbons (Fsp3) is 0.929. The topological polar surface area (TPSA) is 52.3 Å². The van der Waals surface area contributed by atoms with Crippen LogP contribution in [0.1, 0.15) is 58.8 Å². The first-order chi connectivity index (χ1) is 8.08. The van der Waals surface area contributed by atoms with Gasteiger partial charge >= 0.3 is 5.97 Å². The number of carbonyl (C=O) groups is 1. The van der Waals surface area contributed by atoms with E-state index in [1.54, 1.807) is 0 Å². The molecule has 0 bridgehead atoms. The van der Waals surface area contributed by atoms with E-state index >= 15 is 0 Å². The Hall–Kier alpha value is -0.570. The first kappa shape index (κ1) is 14.5. The number of esters is 1. The van der Waals surface area contributed by atoms with Crippen LogP contribution >= 0.6 is 0 Å². The minimum Gasteiger partial charge on any atom is -0.466 e. The molecular weight excluding hydrogens is 214 g/mol. The highest BCUT2D eigenvalue weighted by molar-refractivity contribution is 5.70. The molecule has 3 nitrogen and oxygen atoms in total. The third-order valence-electron chi connectivity index (χ3n) is 3.82. The van der Waals surface area contributed by atoms with Crippen molar-refractivity contribution in [3.8, 4) is 0 Å². The van der Waals surface area contributed by atoms with E-state index in [2.05, 4.69) is 13.8 Å². The van der Waals surface area contributed by atoms with Gasteiger partial charge in [-0.05, 0) is 37.1 Å². The molecule has 0 aliphatic heterocycles. The minimum absolute atomic E-state index is 0.0349. The van der Waals surface area contributed by atoms with Gasteiger partial charge in [-0.3, -0.25) is 4.79 Å². The number of hydrogen-bond donors (Lipinski definition) is 1. The smallest absolute Gasteiger partial charge is 0.306 e. The summed E-state index contributed by atoms with van der Waals surface area (Å²) in [6.45, 7) is 5.44. The van der Waals surface area contributed by atoms with E-state index in [9.17, 15) is 4.79 Å². The molecule has 3 heteroatoms. The fourth-order valence-corrected chi connectivity index (χ4v) is 2.52. The molecule has 0 amide bonds. The molecule has 0 aromatic rings. The van der Waals surface area contributed by atoms with Crippen LogP contribution in [0, 0.1) is 11.3 Å². The largest absolute Gasteiger partial charge is 0.466 e. The monoisotopic (exact) mass is 241 g/mol. The predicted molar refractivity (Wildman–Crippen MR) is 69.6 cm³/mol. The lowest BCUT2D eigenvalue weighted by Gasteiger charge is -2.35. The molecule has 100 valence electrons. The van der Waals surface area contributed by atoms with Crippen molar-refractivity contribution in [2.24, 2.45) is 17.1 Å². The quantitative estimate of drug-likeness (QED) is 0.727. The lowest BCUT2D eigenvalue weighted by atomic mass is 9.72. The van der Waals surface area contributed by atoms with Crippen molar-refractivity contribution in [1.82, 2.24) is 0 Å². The van der Waals surface area contributed by atoms with Gasteiger partial charge in [0.15, 0.2) is 0 Å². The highest BCUT2D eigenvalue weighted by Gasteiger charge is 2.33. The fourth-order valence-electron chi connectivity index (χ4n) is 2.52. The summed E-state index contributed by atoms with van der Waals surface area (Å²) in [7, 11) is 0. The SMILES string of the molecule is CC(C)CCOC(=O)CC1(CN)CCCCC1. The van der Waals surface area contributed by atoms with Crippen molar-refractivity contribution >= 4 is 5.97 Å². The predicted octanol–water partition coefficient (Wildman–Crippen LogP) is 2.88. The van der Waals surface area contributed by atoms with Gasteiger partial charge in [0.2, 0.25) is 0 Å². The van der Waals surface area contributed by atoms with Crippen LogP contribution in [-0.2, 0) is 9.53 Å². The van der Waals surface area contributed by atoms with Gasteiger partial charge in [-0.2, -0.15) is 0 Å². The van der Waals surface area contributed by atoms with E-state index in [0.29, 0.717) is 25.5 Å². The molecule has 1 fully saturated rings. The molecule has 17 heavy (non-hydrogen) atoms. The van der Waals surface area contributed by atoms with E-state index in [-0.39, 0.29) is 11.4 Å². The maximum atomic E-state index is 11.8. The average molecular weight is 241 g/mol. The molecule has 0 radical (unpaired) electrons. The zero-order chi connectivity index (χ0) is 12.7. The number of nitrogens with two attached hydrogens (primary N) is 1. The van der Waals surface area contributed by atoms with Gasteiger partial charge in [0.1, 0.15) is 0 Å². The van der Waals surface area contributed by atoms with Gasteiger partial charge in [0.05, 0.1) is 13.0 Å². The van der Waals surface area contributed by atoms with Gasteiger partial charge in [-0.25, -0.2) is 0 Å². The van der Waals surface area contributed by atoms with Gasteiger partial charge in [0.25, 0.3) is 0 Å². The second-order valence-electron chi connectivity index (χ2n) is 5.84. The molecule has 1 rings (SSSR count). The first-order valence-corrected chi connectivity index (χ1v) is 6.94. The molecule has 2 N–H and O–H groups in total. The Morgan fingerprint density at radius 1 is 1.29 bits per heavy atom. The van der Waals surface area contributed by atoms with Crippen LogP contribution in [0.5, 0.6) is 0 Å². The average Bonchev–Trinajstić information content (AvgIpc) is 2.29. The van der Waals surface area contributed by atoms with E-state index in [1.807, 2.05) is 0 Å². The number of carbonyl (C=O) groups excluding carboxylic acids is 1. The van der Waals surface area contributed by atoms with Crippen LogP contribution in [0.3, 0.4) is 0 Å². The van der Waals surface area contributed by atoms with Crippen molar-refractivity contribution < 1.29 is 9.53 Å². The van der Waals surface area contributed by atoms with Crippen LogP contribution in [0.25, 0.3) is 0 Å². The van der Waals surface area contributed by atoms with Crippen LogP contribution in [0.15, 0.2) is 0 Å². The molecule has 0 aromatic carbocycles. The molecule has 0 atom stereocenters. The number of ether oxygens (including phenoxy) is 1. The van der Waals surface area contributed by atoms with Gasteiger partial charge in [-0.1, -0.05) is 33.1 Å². The summed E-state index contributed by atoms with van der Waals surface area (Å²) in [6.07, 6.45) is 7.33. The second-order valence-corrected chi connectivity index (χ2v) is 5.84. The van der Waals surface area contributed by atoms with Crippen LogP contribution in [0.4, 0.5) is 0 Å². The molecule has 0 spiro atoms. The summed E-state index contributed by atoms with van der Waals surface area (Å²) in [5, 5.41) is 0. The maximum absolute atomic E-state index is 11.8. The molecular formula is C14H27NO2. The third-order valence-corrected chi connectivity index (χ3v) is 3.82. The van der Waals surface area contributed by atoms with Crippen molar-refractivity contribution in [2.45, 2.75) is 58.8 Å². The summed E-state index contributed by atoms with van der Waals surface area (Å²) in [4.78, 5) is 11.8. The minimum atomic E-state index is -0.0574. The van der Waals surface area contributed by atoms with E-state index < -0.39 is 0 Å². The number of hydrogen-bond acceptors (Lipinski definition) is 3. The van der Waals surface area contributed by atoms with Crippen molar-refractivity contribution in [3.63, 3.8) is 0 Å². The Morgan fingerprint density at radius 3 is 2.47 bits per heavy atom. The normalized spacial score (nSPS) is 19.3. The molecule has 0 heterocycles. The summed E-state index contributed by atoms with van der Waals surface area (Å²) in [5.41, 5.74) is 5.89. The van der Waals surface area contributed by atoms with Crippen molar-refractivity contribution in [1.29, 1.82) is 0 Å². The van der Waals surface area contributed by atoms with Crippen LogP contribution < -0.4 is 5.73 Å². The van der Waals surface area contributed by atoms with Crippen LogP contribution in [0.2, 0.25) is 0 Å². The molecule has 0 saturated heterocycles. The lowest BCUT2D eigenvalue weighted by Crippen LogP contribution is -2.35. The van der Waals surface area contributed by atoms with Gasteiger partial charge < -0.3 is 10.5 Å². The molecule has 0 unspecified atom stereocenters. The molecule has 1 saturated carbocycles. The number of rotatable bonds is 6. The zero-order valence-corrected chi connectivity index (χ0v) is 11.3. The summed E-state index contributed by atoms with van der Waals surface area (Å²) in [6, 6.07) is 0. The summed E-state index contributed by atoms with van der Waals surface area (Å²) < 4.78 is 5.29. The Bertz CT molecular complexity index is 232. The summed E-state index contributed by atoms with van der Waals surface area (Å²) in [5.74, 6) is 0.527. The summed E-state index contributed by atoms with van der Waals surface area (Å²) >= 11 is 0. The van der Waals surface area contributed by atoms with Crippen LogP contribution in [-0.4, -0.2) is 19.1 Å². The second kappa shape index (κ2) is 7.00. The standard InChI is InChI=1S/C14H27NO2/c1-12(2)6-9-17-13(16)10-14(11-15)7-4-3-5-8-14/h12H,3-11,15H2,1-2H3.